The molecule has 0 radical (unpaired) electrons. The second-order valence-electron chi connectivity index (χ2n) is 6.03. The van der Waals surface area contributed by atoms with Crippen LogP contribution in [0.2, 0.25) is 0 Å². The van der Waals surface area contributed by atoms with E-state index in [2.05, 4.69) is 5.32 Å². The van der Waals surface area contributed by atoms with Crippen LogP contribution >= 0.6 is 0 Å². The predicted molar refractivity (Wildman–Crippen MR) is 106 cm³/mol. The van der Waals surface area contributed by atoms with Gasteiger partial charge in [-0.2, -0.15) is 0 Å². The highest BCUT2D eigenvalue weighted by Crippen LogP contribution is 2.17. The number of amides is 1. The summed E-state index contributed by atoms with van der Waals surface area (Å²) in [7, 11) is 0. The van der Waals surface area contributed by atoms with Crippen LogP contribution in [0.15, 0.2) is 84.9 Å². The summed E-state index contributed by atoms with van der Waals surface area (Å²) < 4.78 is 5.74. The van der Waals surface area contributed by atoms with Crippen molar-refractivity contribution < 1.29 is 9.53 Å². The van der Waals surface area contributed by atoms with E-state index >= 15 is 0 Å². The zero-order valence-corrected chi connectivity index (χ0v) is 14.7. The van der Waals surface area contributed by atoms with Crippen molar-refractivity contribution in [2.24, 2.45) is 0 Å². The Kier molecular flexibility index (Phi) is 5.84. The fraction of sp³-hybridized carbons (Fsp3) is 0.0870. The van der Waals surface area contributed by atoms with Crippen LogP contribution in [0.1, 0.15) is 16.7 Å². The number of hydrogen-bond acceptors (Lipinski definition) is 2. The molecular formula is C23H21NO2. The predicted octanol–water partition coefficient (Wildman–Crippen LogP) is 5.23. The van der Waals surface area contributed by atoms with Crippen LogP contribution in [-0.2, 0) is 11.4 Å². The van der Waals surface area contributed by atoms with E-state index in [9.17, 15) is 4.79 Å². The fourth-order valence-electron chi connectivity index (χ4n) is 2.41. The highest BCUT2D eigenvalue weighted by Gasteiger charge is 2.00. The monoisotopic (exact) mass is 343 g/mol. The molecule has 0 unspecified atom stereocenters. The molecule has 0 fully saturated rings. The summed E-state index contributed by atoms with van der Waals surface area (Å²) in [6.07, 6.45) is 3.33. The largest absolute Gasteiger partial charge is 0.489 e. The maximum Gasteiger partial charge on any atom is 0.248 e. The highest BCUT2D eigenvalue weighted by molar-refractivity contribution is 6.01. The van der Waals surface area contributed by atoms with Gasteiger partial charge in [0, 0.05) is 11.8 Å². The van der Waals surface area contributed by atoms with E-state index in [1.165, 1.54) is 11.6 Å². The number of carbonyl (C=O) groups excluding carboxylic acids is 1. The van der Waals surface area contributed by atoms with Crippen molar-refractivity contribution in [1.29, 1.82) is 0 Å². The molecule has 0 saturated carbocycles. The van der Waals surface area contributed by atoms with Gasteiger partial charge >= 0.3 is 0 Å². The van der Waals surface area contributed by atoms with Crippen LogP contribution in [0.25, 0.3) is 6.08 Å². The van der Waals surface area contributed by atoms with Crippen LogP contribution in [0, 0.1) is 6.92 Å². The van der Waals surface area contributed by atoms with E-state index in [1.807, 2.05) is 85.8 Å². The molecule has 3 aromatic rings. The van der Waals surface area contributed by atoms with E-state index in [4.69, 9.17) is 4.74 Å². The third-order valence-corrected chi connectivity index (χ3v) is 3.87. The quantitative estimate of drug-likeness (QED) is 0.623. The Hall–Kier alpha value is -3.33. The zero-order valence-electron chi connectivity index (χ0n) is 14.7. The van der Waals surface area contributed by atoms with Gasteiger partial charge in [-0.15, -0.1) is 0 Å². The van der Waals surface area contributed by atoms with Gasteiger partial charge in [0.15, 0.2) is 0 Å². The Morgan fingerprint density at radius 3 is 2.31 bits per heavy atom. The van der Waals surface area contributed by atoms with Gasteiger partial charge < -0.3 is 10.1 Å². The first-order valence-electron chi connectivity index (χ1n) is 8.51. The molecule has 0 aromatic heterocycles. The van der Waals surface area contributed by atoms with Crippen LogP contribution in [-0.4, -0.2) is 5.91 Å². The van der Waals surface area contributed by atoms with Crippen molar-refractivity contribution in [1.82, 2.24) is 0 Å². The molecule has 3 aromatic carbocycles. The Morgan fingerprint density at radius 2 is 1.62 bits per heavy atom. The van der Waals surface area contributed by atoms with E-state index in [-0.39, 0.29) is 5.91 Å². The van der Waals surface area contributed by atoms with Crippen molar-refractivity contribution in [2.45, 2.75) is 13.5 Å². The van der Waals surface area contributed by atoms with Crippen molar-refractivity contribution in [3.63, 3.8) is 0 Å². The number of rotatable bonds is 6. The van der Waals surface area contributed by atoms with Crippen molar-refractivity contribution in [3.05, 3.63) is 102 Å². The Balaban J connectivity index is 1.51. The molecule has 0 aliphatic rings. The first-order valence-corrected chi connectivity index (χ1v) is 8.51. The molecule has 0 saturated heterocycles. The molecule has 1 amide bonds. The average molecular weight is 343 g/mol. The molecule has 130 valence electrons. The van der Waals surface area contributed by atoms with Gasteiger partial charge in [-0.05, 0) is 48.4 Å². The van der Waals surface area contributed by atoms with Gasteiger partial charge in [-0.3, -0.25) is 4.79 Å². The van der Waals surface area contributed by atoms with Crippen LogP contribution < -0.4 is 10.1 Å². The molecule has 1 N–H and O–H groups in total. The van der Waals surface area contributed by atoms with Gasteiger partial charge in [-0.25, -0.2) is 0 Å². The number of carbonyl (C=O) groups is 1. The third kappa shape index (κ3) is 5.35. The minimum absolute atomic E-state index is 0.163. The standard InChI is InChI=1S/C23H21NO2/c1-18-7-9-19(10-8-18)11-16-23(25)24-21-12-14-22(15-13-21)26-17-20-5-3-2-4-6-20/h2-16H,17H2,1H3,(H,24,25). The first-order chi connectivity index (χ1) is 12.7. The molecule has 3 rings (SSSR count). The molecule has 0 aliphatic carbocycles. The second-order valence-corrected chi connectivity index (χ2v) is 6.03. The number of nitrogens with one attached hydrogen (secondary N) is 1. The van der Waals surface area contributed by atoms with Gasteiger partial charge in [0.1, 0.15) is 12.4 Å². The molecule has 0 atom stereocenters. The molecule has 3 heteroatoms. The molecule has 0 aliphatic heterocycles. The van der Waals surface area contributed by atoms with Gasteiger partial charge in [0.25, 0.3) is 0 Å². The summed E-state index contributed by atoms with van der Waals surface area (Å²) in [4.78, 5) is 12.0. The number of ether oxygens (including phenoxy) is 1. The highest BCUT2D eigenvalue weighted by atomic mass is 16.5. The zero-order chi connectivity index (χ0) is 18.2. The number of aryl methyl sites for hydroxylation is 1. The lowest BCUT2D eigenvalue weighted by Crippen LogP contribution is -2.07. The molecule has 3 nitrogen and oxygen atoms in total. The van der Waals surface area contributed by atoms with Crippen molar-refractivity contribution in [2.75, 3.05) is 5.32 Å². The van der Waals surface area contributed by atoms with Gasteiger partial charge in [-0.1, -0.05) is 60.2 Å². The maximum absolute atomic E-state index is 12.0. The number of anilines is 1. The molecular weight excluding hydrogens is 322 g/mol. The maximum atomic E-state index is 12.0. The Labute approximate surface area is 154 Å². The van der Waals surface area contributed by atoms with E-state index < -0.39 is 0 Å². The summed E-state index contributed by atoms with van der Waals surface area (Å²) in [6, 6.07) is 25.4. The van der Waals surface area contributed by atoms with Gasteiger partial charge in [0.05, 0.1) is 0 Å². The van der Waals surface area contributed by atoms with E-state index in [0.717, 1.165) is 22.6 Å². The third-order valence-electron chi connectivity index (χ3n) is 3.87. The molecule has 0 spiro atoms. The molecule has 26 heavy (non-hydrogen) atoms. The summed E-state index contributed by atoms with van der Waals surface area (Å²) in [5, 5.41) is 2.84. The minimum atomic E-state index is -0.163. The van der Waals surface area contributed by atoms with E-state index in [0.29, 0.717) is 6.61 Å². The SMILES string of the molecule is Cc1ccc(C=CC(=O)Nc2ccc(OCc3ccccc3)cc2)cc1. The van der Waals surface area contributed by atoms with Crippen LogP contribution in [0.5, 0.6) is 5.75 Å². The lowest BCUT2D eigenvalue weighted by Gasteiger charge is -2.07. The van der Waals surface area contributed by atoms with Crippen molar-refractivity contribution in [3.8, 4) is 5.75 Å². The number of hydrogen-bond donors (Lipinski definition) is 1. The van der Waals surface area contributed by atoms with Crippen molar-refractivity contribution >= 4 is 17.7 Å². The Morgan fingerprint density at radius 1 is 0.923 bits per heavy atom. The molecule has 0 heterocycles. The van der Waals surface area contributed by atoms with Gasteiger partial charge in [0.2, 0.25) is 5.91 Å². The number of benzene rings is 3. The lowest BCUT2D eigenvalue weighted by molar-refractivity contribution is -0.111. The topological polar surface area (TPSA) is 38.3 Å². The summed E-state index contributed by atoms with van der Waals surface area (Å²) in [5.74, 6) is 0.602. The summed E-state index contributed by atoms with van der Waals surface area (Å²) >= 11 is 0. The van der Waals surface area contributed by atoms with Crippen LogP contribution in [0.4, 0.5) is 5.69 Å². The summed E-state index contributed by atoms with van der Waals surface area (Å²) in [5.41, 5.74) is 4.04. The average Bonchev–Trinajstić information content (AvgIpc) is 2.68. The normalized spacial score (nSPS) is 10.7. The van der Waals surface area contributed by atoms with Crippen LogP contribution in [0.3, 0.4) is 0 Å². The lowest BCUT2D eigenvalue weighted by atomic mass is 10.1. The molecule has 0 bridgehead atoms. The Bertz CT molecular complexity index is 866. The second kappa shape index (κ2) is 8.67. The summed E-state index contributed by atoms with van der Waals surface area (Å²) in [6.45, 7) is 2.55. The minimum Gasteiger partial charge on any atom is -0.489 e. The smallest absolute Gasteiger partial charge is 0.248 e. The fourth-order valence-corrected chi connectivity index (χ4v) is 2.41. The van der Waals surface area contributed by atoms with E-state index in [1.54, 1.807) is 6.08 Å². The first kappa shape index (κ1) is 17.5.